The fraction of sp³-hybridized carbons (Fsp3) is 0.333. The van der Waals surface area contributed by atoms with Crippen LogP contribution in [-0.4, -0.2) is 25.7 Å². The van der Waals surface area contributed by atoms with Gasteiger partial charge in [0.15, 0.2) is 0 Å². The molecule has 0 radical (unpaired) electrons. The van der Waals surface area contributed by atoms with Gasteiger partial charge in [0.05, 0.1) is 6.04 Å². The van der Waals surface area contributed by atoms with Crippen LogP contribution < -0.4 is 15.5 Å². The van der Waals surface area contributed by atoms with Crippen molar-refractivity contribution >= 4 is 28.9 Å². The van der Waals surface area contributed by atoms with Crippen molar-refractivity contribution in [2.75, 3.05) is 24.5 Å². The maximum absolute atomic E-state index is 6.21. The van der Waals surface area contributed by atoms with Crippen molar-refractivity contribution in [1.82, 2.24) is 10.6 Å². The first-order valence-electron chi connectivity index (χ1n) is 10.2. The molecule has 4 rings (SSSR count). The molecule has 0 spiro atoms. The van der Waals surface area contributed by atoms with Gasteiger partial charge in [0.1, 0.15) is 0 Å². The first-order chi connectivity index (χ1) is 14.1. The van der Waals surface area contributed by atoms with Crippen LogP contribution in [0.4, 0.5) is 5.69 Å². The van der Waals surface area contributed by atoms with Crippen molar-refractivity contribution in [2.24, 2.45) is 0 Å². The molecule has 0 bridgehead atoms. The van der Waals surface area contributed by atoms with Crippen LogP contribution in [0.5, 0.6) is 0 Å². The summed E-state index contributed by atoms with van der Waals surface area (Å²) >= 11 is 12.4. The number of dihydropyridines is 1. The second-order valence-corrected chi connectivity index (χ2v) is 8.70. The number of rotatable bonds is 5. The summed E-state index contributed by atoms with van der Waals surface area (Å²) < 4.78 is 0. The number of hydrogen-bond acceptors (Lipinski definition) is 3. The van der Waals surface area contributed by atoms with Crippen LogP contribution in [0.1, 0.15) is 30.0 Å². The molecule has 2 N–H and O–H groups in total. The van der Waals surface area contributed by atoms with Gasteiger partial charge in [-0.15, -0.1) is 0 Å². The Kier molecular flexibility index (Phi) is 6.49. The van der Waals surface area contributed by atoms with Gasteiger partial charge in [0.2, 0.25) is 0 Å². The van der Waals surface area contributed by atoms with Crippen molar-refractivity contribution in [2.45, 2.75) is 31.8 Å². The number of benzene rings is 2. The Balaban J connectivity index is 1.55. The van der Waals surface area contributed by atoms with Gasteiger partial charge in [0, 0.05) is 47.6 Å². The number of piperidine rings is 1. The molecule has 152 valence electrons. The molecule has 2 heterocycles. The predicted octanol–water partition coefficient (Wildman–Crippen LogP) is 5.64. The van der Waals surface area contributed by atoms with E-state index in [1.165, 1.54) is 22.4 Å². The van der Waals surface area contributed by atoms with Gasteiger partial charge in [0.25, 0.3) is 0 Å². The number of aryl methyl sites for hydroxylation is 1. The zero-order valence-electron chi connectivity index (χ0n) is 16.7. The molecule has 2 aromatic rings. The summed E-state index contributed by atoms with van der Waals surface area (Å²) in [7, 11) is 0. The average molecular weight is 428 g/mol. The minimum atomic E-state index is 0.299. The largest absolute Gasteiger partial charge is 0.387 e. The molecule has 0 aliphatic carbocycles. The standard InChI is InChI=1S/C24H27Cl2N3/c1-17-13-21(26)8-9-23(17)29-12-10-22(28-16-18-3-2-11-27-15-18)14-24(29)19-4-6-20(25)7-5-19/h2-9,13,15,22,24,27-28H,10-12,14,16H2,1H3. The van der Waals surface area contributed by atoms with E-state index in [-0.39, 0.29) is 0 Å². The monoisotopic (exact) mass is 427 g/mol. The van der Waals surface area contributed by atoms with Crippen molar-refractivity contribution in [3.63, 3.8) is 0 Å². The molecule has 0 amide bonds. The van der Waals surface area contributed by atoms with Gasteiger partial charge in [-0.05, 0) is 66.8 Å². The summed E-state index contributed by atoms with van der Waals surface area (Å²) in [5, 5.41) is 8.61. The highest BCUT2D eigenvalue weighted by Gasteiger charge is 2.30. The Morgan fingerprint density at radius 2 is 1.90 bits per heavy atom. The van der Waals surface area contributed by atoms with E-state index >= 15 is 0 Å². The summed E-state index contributed by atoms with van der Waals surface area (Å²) in [6, 6.07) is 15.2. The second kappa shape index (κ2) is 9.25. The first kappa shape index (κ1) is 20.3. The van der Waals surface area contributed by atoms with E-state index in [9.17, 15) is 0 Å². The molecule has 1 fully saturated rings. The van der Waals surface area contributed by atoms with Gasteiger partial charge in [-0.2, -0.15) is 0 Å². The molecule has 3 nitrogen and oxygen atoms in total. The van der Waals surface area contributed by atoms with E-state index in [0.29, 0.717) is 12.1 Å². The fourth-order valence-electron chi connectivity index (χ4n) is 4.27. The zero-order valence-corrected chi connectivity index (χ0v) is 18.2. The molecule has 1 saturated heterocycles. The lowest BCUT2D eigenvalue weighted by Gasteiger charge is -2.42. The van der Waals surface area contributed by atoms with Gasteiger partial charge in [-0.25, -0.2) is 0 Å². The average Bonchev–Trinajstić information content (AvgIpc) is 2.74. The maximum atomic E-state index is 6.21. The summed E-state index contributed by atoms with van der Waals surface area (Å²) in [6.45, 7) is 4.95. The van der Waals surface area contributed by atoms with Gasteiger partial charge in [-0.3, -0.25) is 0 Å². The number of hydrogen-bond donors (Lipinski definition) is 2. The minimum Gasteiger partial charge on any atom is -0.387 e. The third kappa shape index (κ3) is 4.98. The summed E-state index contributed by atoms with van der Waals surface area (Å²) in [5.74, 6) is 0. The zero-order chi connectivity index (χ0) is 20.2. The highest BCUT2D eigenvalue weighted by atomic mass is 35.5. The predicted molar refractivity (Wildman–Crippen MR) is 124 cm³/mol. The summed E-state index contributed by atoms with van der Waals surface area (Å²) in [6.07, 6.45) is 8.63. The first-order valence-corrected chi connectivity index (χ1v) is 11.0. The van der Waals surface area contributed by atoms with Gasteiger partial charge in [-0.1, -0.05) is 47.5 Å². The molecular weight excluding hydrogens is 401 g/mol. The normalized spacial score (nSPS) is 21.6. The Labute approximate surface area is 183 Å². The van der Waals surface area contributed by atoms with Crippen LogP contribution in [0.15, 0.2) is 66.4 Å². The van der Waals surface area contributed by atoms with E-state index < -0.39 is 0 Å². The molecule has 0 saturated carbocycles. The van der Waals surface area contributed by atoms with E-state index in [0.717, 1.165) is 42.5 Å². The lowest BCUT2D eigenvalue weighted by Crippen LogP contribution is -2.45. The van der Waals surface area contributed by atoms with E-state index in [2.05, 4.69) is 65.1 Å². The van der Waals surface area contributed by atoms with Crippen LogP contribution in [0.25, 0.3) is 0 Å². The number of halogens is 2. The van der Waals surface area contributed by atoms with Crippen LogP contribution >= 0.6 is 23.2 Å². The third-order valence-electron chi connectivity index (χ3n) is 5.78. The van der Waals surface area contributed by atoms with Crippen LogP contribution in [-0.2, 0) is 0 Å². The van der Waals surface area contributed by atoms with E-state index in [1.54, 1.807) is 0 Å². The molecular formula is C24H27Cl2N3. The topological polar surface area (TPSA) is 27.3 Å². The quantitative estimate of drug-likeness (QED) is 0.645. The van der Waals surface area contributed by atoms with Crippen LogP contribution in [0.3, 0.4) is 0 Å². The number of nitrogens with one attached hydrogen (secondary N) is 2. The minimum absolute atomic E-state index is 0.299. The molecule has 2 unspecified atom stereocenters. The summed E-state index contributed by atoms with van der Waals surface area (Å²) in [4.78, 5) is 2.52. The van der Waals surface area contributed by atoms with Crippen molar-refractivity contribution in [3.8, 4) is 0 Å². The Bertz CT molecular complexity index is 905. The highest BCUT2D eigenvalue weighted by molar-refractivity contribution is 6.31. The lowest BCUT2D eigenvalue weighted by molar-refractivity contribution is 0.368. The third-order valence-corrected chi connectivity index (χ3v) is 6.26. The second-order valence-electron chi connectivity index (χ2n) is 7.82. The maximum Gasteiger partial charge on any atom is 0.0557 e. The molecule has 0 aromatic heterocycles. The van der Waals surface area contributed by atoms with Crippen LogP contribution in [0, 0.1) is 6.92 Å². The van der Waals surface area contributed by atoms with Crippen molar-refractivity contribution in [3.05, 3.63) is 87.6 Å². The molecule has 2 aliphatic heterocycles. The van der Waals surface area contributed by atoms with Gasteiger partial charge < -0.3 is 15.5 Å². The molecule has 2 atom stereocenters. The Hall–Kier alpha value is -1.94. The van der Waals surface area contributed by atoms with Crippen LogP contribution in [0.2, 0.25) is 10.0 Å². The molecule has 5 heteroatoms. The summed E-state index contributed by atoms with van der Waals surface area (Å²) in [5.41, 5.74) is 5.07. The number of nitrogens with zero attached hydrogens (tertiary/aromatic N) is 1. The molecule has 2 aliphatic rings. The molecule has 29 heavy (non-hydrogen) atoms. The fourth-order valence-corrected chi connectivity index (χ4v) is 4.62. The van der Waals surface area contributed by atoms with E-state index in [4.69, 9.17) is 23.2 Å². The van der Waals surface area contributed by atoms with Gasteiger partial charge >= 0.3 is 0 Å². The lowest BCUT2D eigenvalue weighted by atomic mass is 9.90. The molecule has 2 aromatic carbocycles. The Morgan fingerprint density at radius 1 is 1.10 bits per heavy atom. The van der Waals surface area contributed by atoms with E-state index in [1.807, 2.05) is 18.2 Å². The van der Waals surface area contributed by atoms with Crippen molar-refractivity contribution in [1.29, 1.82) is 0 Å². The highest BCUT2D eigenvalue weighted by Crippen LogP contribution is 2.37. The number of anilines is 1. The van der Waals surface area contributed by atoms with Crippen molar-refractivity contribution < 1.29 is 0 Å². The SMILES string of the molecule is Cc1cc(Cl)ccc1N1CCC(NCC2=CNCC=C2)CC1c1ccc(Cl)cc1. The Morgan fingerprint density at radius 3 is 2.62 bits per heavy atom. The smallest absolute Gasteiger partial charge is 0.0557 e.